The zero-order valence-electron chi connectivity index (χ0n) is 19.7. The van der Waals surface area contributed by atoms with Gasteiger partial charge in [0.2, 0.25) is 0 Å². The standard InChI is InChI=1S/C27H31N3O3S/c1-22-8-14-26(15-9-22)34(32,33)28(2)25-12-10-24(11-13-25)27(31)30-20-18-29(19-21-30)17-16-23-6-4-3-5-7-23/h3-15H,16-21H2,1-2H3. The van der Waals surface area contributed by atoms with Crippen LogP contribution in [0.3, 0.4) is 0 Å². The molecule has 1 saturated heterocycles. The van der Waals surface area contributed by atoms with Gasteiger partial charge in [-0.05, 0) is 55.3 Å². The number of hydrogen-bond acceptors (Lipinski definition) is 4. The Morgan fingerprint density at radius 3 is 2.09 bits per heavy atom. The molecule has 1 aliphatic rings. The van der Waals surface area contributed by atoms with E-state index in [0.717, 1.165) is 31.6 Å². The Balaban J connectivity index is 1.34. The second kappa shape index (κ2) is 10.4. The third-order valence-electron chi connectivity index (χ3n) is 6.38. The predicted octanol–water partition coefficient (Wildman–Crippen LogP) is 3.82. The number of carbonyl (C=O) groups excluding carboxylic acids is 1. The maximum Gasteiger partial charge on any atom is 0.264 e. The van der Waals surface area contributed by atoms with Crippen LogP contribution in [0.25, 0.3) is 0 Å². The molecule has 178 valence electrons. The van der Waals surface area contributed by atoms with Crippen LogP contribution in [-0.2, 0) is 16.4 Å². The van der Waals surface area contributed by atoms with Crippen LogP contribution in [0, 0.1) is 6.92 Å². The molecule has 1 aliphatic heterocycles. The molecule has 0 saturated carbocycles. The monoisotopic (exact) mass is 477 g/mol. The number of anilines is 1. The highest BCUT2D eigenvalue weighted by molar-refractivity contribution is 7.92. The van der Waals surface area contributed by atoms with Crippen molar-refractivity contribution in [3.8, 4) is 0 Å². The van der Waals surface area contributed by atoms with E-state index in [-0.39, 0.29) is 10.8 Å². The third kappa shape index (κ3) is 5.48. The molecule has 0 aromatic heterocycles. The molecule has 3 aromatic carbocycles. The summed E-state index contributed by atoms with van der Waals surface area (Å²) in [6, 6.07) is 24.0. The van der Waals surface area contributed by atoms with Crippen LogP contribution in [0.4, 0.5) is 5.69 Å². The molecule has 4 rings (SSSR count). The highest BCUT2D eigenvalue weighted by Gasteiger charge is 2.24. The van der Waals surface area contributed by atoms with Gasteiger partial charge < -0.3 is 4.90 Å². The van der Waals surface area contributed by atoms with Crippen molar-refractivity contribution in [1.29, 1.82) is 0 Å². The van der Waals surface area contributed by atoms with E-state index < -0.39 is 10.0 Å². The van der Waals surface area contributed by atoms with Gasteiger partial charge in [0.25, 0.3) is 15.9 Å². The van der Waals surface area contributed by atoms with Crippen molar-refractivity contribution in [3.63, 3.8) is 0 Å². The Morgan fingerprint density at radius 2 is 1.47 bits per heavy atom. The SMILES string of the molecule is Cc1ccc(S(=O)(=O)N(C)c2ccc(C(=O)N3CCN(CCc4ccccc4)CC3)cc2)cc1. The molecule has 0 aliphatic carbocycles. The lowest BCUT2D eigenvalue weighted by atomic mass is 10.1. The number of carbonyl (C=O) groups is 1. The summed E-state index contributed by atoms with van der Waals surface area (Å²) in [5.41, 5.74) is 3.42. The fraction of sp³-hybridized carbons (Fsp3) is 0.296. The van der Waals surface area contributed by atoms with E-state index in [0.29, 0.717) is 24.3 Å². The summed E-state index contributed by atoms with van der Waals surface area (Å²) < 4.78 is 27.1. The minimum atomic E-state index is -3.66. The summed E-state index contributed by atoms with van der Waals surface area (Å²) in [5, 5.41) is 0. The van der Waals surface area contributed by atoms with Crippen molar-refractivity contribution in [3.05, 3.63) is 95.6 Å². The number of benzene rings is 3. The van der Waals surface area contributed by atoms with Gasteiger partial charge in [-0.25, -0.2) is 8.42 Å². The molecule has 1 fully saturated rings. The summed E-state index contributed by atoms with van der Waals surface area (Å²) in [7, 11) is -2.13. The minimum Gasteiger partial charge on any atom is -0.336 e. The number of sulfonamides is 1. The number of nitrogens with zero attached hydrogens (tertiary/aromatic N) is 3. The molecule has 0 radical (unpaired) electrons. The summed E-state index contributed by atoms with van der Waals surface area (Å²) in [6.45, 7) is 6.00. The van der Waals surface area contributed by atoms with E-state index in [1.807, 2.05) is 17.9 Å². The molecule has 0 unspecified atom stereocenters. The van der Waals surface area contributed by atoms with Crippen LogP contribution in [0.15, 0.2) is 83.8 Å². The number of hydrogen-bond donors (Lipinski definition) is 0. The third-order valence-corrected chi connectivity index (χ3v) is 8.18. The topological polar surface area (TPSA) is 60.9 Å². The first-order chi connectivity index (χ1) is 16.3. The normalized spacial score (nSPS) is 14.7. The van der Waals surface area contributed by atoms with Crippen LogP contribution in [-0.4, -0.2) is 63.9 Å². The smallest absolute Gasteiger partial charge is 0.264 e. The molecule has 1 amide bonds. The van der Waals surface area contributed by atoms with Gasteiger partial charge in [0.1, 0.15) is 0 Å². The van der Waals surface area contributed by atoms with Crippen molar-refractivity contribution >= 4 is 21.6 Å². The first-order valence-electron chi connectivity index (χ1n) is 11.6. The largest absolute Gasteiger partial charge is 0.336 e. The lowest BCUT2D eigenvalue weighted by Crippen LogP contribution is -2.49. The van der Waals surface area contributed by atoms with Gasteiger partial charge in [-0.15, -0.1) is 0 Å². The van der Waals surface area contributed by atoms with Crippen molar-refractivity contribution in [2.45, 2.75) is 18.2 Å². The number of rotatable bonds is 7. The van der Waals surface area contributed by atoms with Crippen molar-refractivity contribution in [2.75, 3.05) is 44.1 Å². The van der Waals surface area contributed by atoms with Crippen molar-refractivity contribution in [2.24, 2.45) is 0 Å². The molecular formula is C27H31N3O3S. The fourth-order valence-corrected chi connectivity index (χ4v) is 5.31. The first-order valence-corrected chi connectivity index (χ1v) is 13.0. The number of piperazine rings is 1. The van der Waals surface area contributed by atoms with Gasteiger partial charge >= 0.3 is 0 Å². The molecule has 0 atom stereocenters. The Hall–Kier alpha value is -3.16. The Bertz CT molecular complexity index is 1200. The van der Waals surface area contributed by atoms with Gasteiger partial charge in [0, 0.05) is 45.3 Å². The maximum absolute atomic E-state index is 13.0. The van der Waals surface area contributed by atoms with Crippen LogP contribution >= 0.6 is 0 Å². The Morgan fingerprint density at radius 1 is 0.853 bits per heavy atom. The van der Waals surface area contributed by atoms with E-state index in [1.165, 1.54) is 16.9 Å². The maximum atomic E-state index is 13.0. The summed E-state index contributed by atoms with van der Waals surface area (Å²) in [5.74, 6) is -0.0155. The van der Waals surface area contributed by atoms with Gasteiger partial charge in [0.15, 0.2) is 0 Å². The molecule has 7 heteroatoms. The lowest BCUT2D eigenvalue weighted by Gasteiger charge is -2.34. The van der Waals surface area contributed by atoms with E-state index >= 15 is 0 Å². The first kappa shape index (κ1) is 24.0. The van der Waals surface area contributed by atoms with Gasteiger partial charge in [-0.3, -0.25) is 14.0 Å². The van der Waals surface area contributed by atoms with E-state index in [4.69, 9.17) is 0 Å². The van der Waals surface area contributed by atoms with E-state index in [2.05, 4.69) is 29.2 Å². The highest BCUT2D eigenvalue weighted by Crippen LogP contribution is 2.23. The average molecular weight is 478 g/mol. The molecule has 0 N–H and O–H groups in total. The van der Waals surface area contributed by atoms with Crippen molar-refractivity contribution in [1.82, 2.24) is 9.80 Å². The van der Waals surface area contributed by atoms with Gasteiger partial charge in [-0.2, -0.15) is 0 Å². The highest BCUT2D eigenvalue weighted by atomic mass is 32.2. The molecule has 0 spiro atoms. The lowest BCUT2D eigenvalue weighted by molar-refractivity contribution is 0.0638. The molecule has 0 bridgehead atoms. The summed E-state index contributed by atoms with van der Waals surface area (Å²) >= 11 is 0. The quantitative estimate of drug-likeness (QED) is 0.519. The van der Waals surface area contributed by atoms with Gasteiger partial charge in [0.05, 0.1) is 10.6 Å². The van der Waals surface area contributed by atoms with E-state index in [1.54, 1.807) is 48.5 Å². The average Bonchev–Trinajstić information content (AvgIpc) is 2.88. The second-order valence-corrected chi connectivity index (χ2v) is 10.7. The summed E-state index contributed by atoms with van der Waals surface area (Å²) in [6.07, 6.45) is 1.01. The zero-order valence-corrected chi connectivity index (χ0v) is 20.5. The van der Waals surface area contributed by atoms with Crippen LogP contribution < -0.4 is 4.31 Å². The van der Waals surface area contributed by atoms with Gasteiger partial charge in [-0.1, -0.05) is 48.0 Å². The predicted molar refractivity (Wildman–Crippen MR) is 136 cm³/mol. The second-order valence-electron chi connectivity index (χ2n) is 8.70. The molecule has 6 nitrogen and oxygen atoms in total. The Kier molecular flexibility index (Phi) is 7.34. The molecule has 3 aromatic rings. The Labute approximate surface area is 202 Å². The molecular weight excluding hydrogens is 446 g/mol. The minimum absolute atomic E-state index is 0.0155. The van der Waals surface area contributed by atoms with E-state index in [9.17, 15) is 13.2 Å². The number of aryl methyl sites for hydroxylation is 1. The fourth-order valence-electron chi connectivity index (χ4n) is 4.11. The molecule has 1 heterocycles. The number of amides is 1. The molecule has 34 heavy (non-hydrogen) atoms. The zero-order chi connectivity index (χ0) is 24.1. The van der Waals surface area contributed by atoms with Crippen LogP contribution in [0.5, 0.6) is 0 Å². The summed E-state index contributed by atoms with van der Waals surface area (Å²) in [4.78, 5) is 17.5. The van der Waals surface area contributed by atoms with Crippen LogP contribution in [0.2, 0.25) is 0 Å². The van der Waals surface area contributed by atoms with Crippen molar-refractivity contribution < 1.29 is 13.2 Å². The van der Waals surface area contributed by atoms with Crippen LogP contribution in [0.1, 0.15) is 21.5 Å².